The Morgan fingerprint density at radius 2 is 1.74 bits per heavy atom. The van der Waals surface area contributed by atoms with Gasteiger partial charge in [-0.05, 0) is 48.4 Å². The zero-order valence-electron chi connectivity index (χ0n) is 13.9. The van der Waals surface area contributed by atoms with Crippen molar-refractivity contribution < 1.29 is 13.2 Å². The lowest BCUT2D eigenvalue weighted by Crippen LogP contribution is -2.42. The Hall–Kier alpha value is -1.40. The minimum absolute atomic E-state index is 0.0757. The van der Waals surface area contributed by atoms with Gasteiger partial charge in [0.05, 0.1) is 4.90 Å². The van der Waals surface area contributed by atoms with Crippen molar-refractivity contribution in [2.45, 2.75) is 38.0 Å². The fraction of sp³-hybridized carbons (Fsp3) is 0.588. The molecule has 126 valence electrons. The average Bonchev–Trinajstić information content (AvgIpc) is 2.49. The number of sulfonamides is 1. The number of benzene rings is 1. The number of rotatable bonds is 2. The minimum atomic E-state index is -3.46. The Labute approximate surface area is 138 Å². The van der Waals surface area contributed by atoms with Gasteiger partial charge in [0, 0.05) is 32.2 Å². The van der Waals surface area contributed by atoms with Crippen LogP contribution >= 0.6 is 0 Å². The zero-order chi connectivity index (χ0) is 16.8. The van der Waals surface area contributed by atoms with E-state index in [0.717, 1.165) is 17.7 Å². The number of hydrogen-bond acceptors (Lipinski definition) is 3. The maximum Gasteiger partial charge on any atom is 0.243 e. The largest absolute Gasteiger partial charge is 0.315 e. The molecule has 0 aromatic heterocycles. The molecule has 0 bridgehead atoms. The van der Waals surface area contributed by atoms with Crippen molar-refractivity contribution in [1.82, 2.24) is 4.31 Å². The minimum Gasteiger partial charge on any atom is -0.315 e. The molecule has 5 nitrogen and oxygen atoms in total. The molecule has 6 heteroatoms. The highest BCUT2D eigenvalue weighted by atomic mass is 32.2. The standard InChI is InChI=1S/C17H24N2O3S/c1-12-8-13(2)11-19(10-12)23(21,22)15-5-6-16-14(9-15)4-7-17(20)18(16)3/h5-6,9,12-13H,4,7-8,10-11H2,1-3H3/t12-,13-/m0/s1. The SMILES string of the molecule is C[C@H]1C[C@H](C)CN(S(=O)(=O)c2ccc3c(c2)CCC(=O)N3C)C1. The van der Waals surface area contributed by atoms with E-state index in [2.05, 4.69) is 13.8 Å². The van der Waals surface area contributed by atoms with Crippen LogP contribution in [0.3, 0.4) is 0 Å². The van der Waals surface area contributed by atoms with Gasteiger partial charge in [0.2, 0.25) is 15.9 Å². The molecule has 0 spiro atoms. The predicted octanol–water partition coefficient (Wildman–Crippen LogP) is 2.26. The first-order chi connectivity index (χ1) is 10.8. The van der Waals surface area contributed by atoms with Crippen LogP contribution in [0.1, 0.15) is 32.3 Å². The summed E-state index contributed by atoms with van der Waals surface area (Å²) in [6.45, 7) is 5.38. The van der Waals surface area contributed by atoms with E-state index in [1.54, 1.807) is 34.5 Å². The lowest BCUT2D eigenvalue weighted by Gasteiger charge is -2.34. The van der Waals surface area contributed by atoms with Crippen molar-refractivity contribution in [2.75, 3.05) is 25.0 Å². The van der Waals surface area contributed by atoms with Crippen LogP contribution in [0.2, 0.25) is 0 Å². The van der Waals surface area contributed by atoms with Crippen LogP contribution in [-0.2, 0) is 21.2 Å². The Kier molecular flexibility index (Phi) is 4.23. The summed E-state index contributed by atoms with van der Waals surface area (Å²) in [5, 5.41) is 0. The Morgan fingerprint density at radius 3 is 2.39 bits per heavy atom. The van der Waals surface area contributed by atoms with Gasteiger partial charge >= 0.3 is 0 Å². The molecule has 1 amide bonds. The molecule has 23 heavy (non-hydrogen) atoms. The number of amides is 1. The smallest absolute Gasteiger partial charge is 0.243 e. The second-order valence-corrected chi connectivity index (χ2v) is 8.95. The van der Waals surface area contributed by atoms with Crippen LogP contribution in [0.15, 0.2) is 23.1 Å². The third kappa shape index (κ3) is 3.02. The second-order valence-electron chi connectivity index (χ2n) is 7.01. The van der Waals surface area contributed by atoms with Crippen molar-refractivity contribution in [3.05, 3.63) is 23.8 Å². The molecule has 0 unspecified atom stereocenters. The molecule has 0 aliphatic carbocycles. The fourth-order valence-corrected chi connectivity index (χ4v) is 5.48. The zero-order valence-corrected chi connectivity index (χ0v) is 14.8. The number of piperidine rings is 1. The highest BCUT2D eigenvalue weighted by Gasteiger charge is 2.32. The number of aryl methyl sites for hydroxylation is 1. The van der Waals surface area contributed by atoms with Crippen LogP contribution in [0.4, 0.5) is 5.69 Å². The Bertz CT molecular complexity index is 719. The van der Waals surface area contributed by atoms with E-state index in [0.29, 0.717) is 42.7 Å². The van der Waals surface area contributed by atoms with Crippen LogP contribution in [0.25, 0.3) is 0 Å². The first-order valence-corrected chi connectivity index (χ1v) is 9.62. The van der Waals surface area contributed by atoms with Crippen molar-refractivity contribution in [3.8, 4) is 0 Å². The van der Waals surface area contributed by atoms with E-state index in [-0.39, 0.29) is 5.91 Å². The summed E-state index contributed by atoms with van der Waals surface area (Å²) < 4.78 is 27.5. The highest BCUT2D eigenvalue weighted by Crippen LogP contribution is 2.32. The molecule has 1 fully saturated rings. The van der Waals surface area contributed by atoms with Gasteiger partial charge in [0.25, 0.3) is 0 Å². The molecule has 0 saturated carbocycles. The molecule has 1 saturated heterocycles. The van der Waals surface area contributed by atoms with Crippen LogP contribution < -0.4 is 4.90 Å². The maximum absolute atomic E-state index is 13.0. The van der Waals surface area contributed by atoms with E-state index >= 15 is 0 Å². The van der Waals surface area contributed by atoms with Crippen LogP contribution in [0.5, 0.6) is 0 Å². The van der Waals surface area contributed by atoms with E-state index in [4.69, 9.17) is 0 Å². The summed E-state index contributed by atoms with van der Waals surface area (Å²) in [5.74, 6) is 0.844. The number of carbonyl (C=O) groups is 1. The van der Waals surface area contributed by atoms with Crippen molar-refractivity contribution >= 4 is 21.6 Å². The predicted molar refractivity (Wildman–Crippen MR) is 89.9 cm³/mol. The van der Waals surface area contributed by atoms with Crippen molar-refractivity contribution in [1.29, 1.82) is 0 Å². The van der Waals surface area contributed by atoms with Crippen molar-refractivity contribution in [3.63, 3.8) is 0 Å². The van der Waals surface area contributed by atoms with Gasteiger partial charge in [-0.2, -0.15) is 4.31 Å². The van der Waals surface area contributed by atoms with Gasteiger partial charge in [0.15, 0.2) is 0 Å². The van der Waals surface area contributed by atoms with Crippen LogP contribution in [-0.4, -0.2) is 38.8 Å². The van der Waals surface area contributed by atoms with Gasteiger partial charge in [-0.25, -0.2) is 8.42 Å². The molecule has 2 heterocycles. The molecule has 0 N–H and O–H groups in total. The molecule has 2 aliphatic heterocycles. The first kappa shape index (κ1) is 16.5. The summed E-state index contributed by atoms with van der Waals surface area (Å²) in [5.41, 5.74) is 1.76. The van der Waals surface area contributed by atoms with Crippen molar-refractivity contribution in [2.24, 2.45) is 11.8 Å². The molecule has 1 aromatic carbocycles. The maximum atomic E-state index is 13.0. The third-order valence-corrected chi connectivity index (χ3v) is 6.70. The lowest BCUT2D eigenvalue weighted by atomic mass is 9.94. The molecular formula is C17H24N2O3S. The summed E-state index contributed by atoms with van der Waals surface area (Å²) >= 11 is 0. The molecule has 1 aromatic rings. The Morgan fingerprint density at radius 1 is 1.09 bits per heavy atom. The quantitative estimate of drug-likeness (QED) is 0.832. The molecular weight excluding hydrogens is 312 g/mol. The van der Waals surface area contributed by atoms with E-state index in [9.17, 15) is 13.2 Å². The third-order valence-electron chi connectivity index (χ3n) is 4.87. The second kappa shape index (κ2) is 5.91. The van der Waals surface area contributed by atoms with Gasteiger partial charge < -0.3 is 4.90 Å². The van der Waals surface area contributed by atoms with E-state index in [1.165, 1.54) is 0 Å². The monoisotopic (exact) mass is 336 g/mol. The summed E-state index contributed by atoms with van der Waals surface area (Å²) in [4.78, 5) is 13.7. The summed E-state index contributed by atoms with van der Waals surface area (Å²) in [7, 11) is -1.72. The highest BCUT2D eigenvalue weighted by molar-refractivity contribution is 7.89. The normalized spacial score (nSPS) is 26.2. The Balaban J connectivity index is 1.93. The van der Waals surface area contributed by atoms with E-state index in [1.807, 2.05) is 0 Å². The topological polar surface area (TPSA) is 57.7 Å². The number of carbonyl (C=O) groups excluding carboxylic acids is 1. The number of hydrogen-bond donors (Lipinski definition) is 0. The fourth-order valence-electron chi connectivity index (χ4n) is 3.74. The molecule has 3 rings (SSSR count). The first-order valence-electron chi connectivity index (χ1n) is 8.18. The van der Waals surface area contributed by atoms with Crippen LogP contribution in [0, 0.1) is 11.8 Å². The van der Waals surface area contributed by atoms with Gasteiger partial charge in [-0.3, -0.25) is 4.79 Å². The number of anilines is 1. The van der Waals surface area contributed by atoms with Gasteiger partial charge in [0.1, 0.15) is 0 Å². The number of nitrogens with zero attached hydrogens (tertiary/aromatic N) is 2. The molecule has 2 atom stereocenters. The van der Waals surface area contributed by atoms with Gasteiger partial charge in [-0.1, -0.05) is 13.8 Å². The molecule has 0 radical (unpaired) electrons. The average molecular weight is 336 g/mol. The summed E-state index contributed by atoms with van der Waals surface area (Å²) in [6.07, 6.45) is 2.11. The molecule has 2 aliphatic rings. The lowest BCUT2D eigenvalue weighted by molar-refractivity contribution is -0.118. The van der Waals surface area contributed by atoms with Gasteiger partial charge in [-0.15, -0.1) is 0 Å². The number of fused-ring (bicyclic) bond motifs is 1. The van der Waals surface area contributed by atoms with E-state index < -0.39 is 10.0 Å². The summed E-state index contributed by atoms with van der Waals surface area (Å²) in [6, 6.07) is 5.14.